The second-order valence-electron chi connectivity index (χ2n) is 7.95. The molecule has 166 valence electrons. The Kier molecular flexibility index (Phi) is 6.91. The molecule has 7 nitrogen and oxygen atoms in total. The van der Waals surface area contributed by atoms with Crippen molar-refractivity contribution in [3.05, 3.63) is 42.0 Å². The third kappa shape index (κ3) is 5.09. The SMILES string of the molecule is N[C@@]12CCO[C@@H]1C(OC(=O)c1ccc3cc(OC(=O)CCCCCBr)ccc3c1)CO2. The fourth-order valence-corrected chi connectivity index (χ4v) is 4.36. The van der Waals surface area contributed by atoms with Gasteiger partial charge in [-0.2, -0.15) is 0 Å². The standard InChI is InChI=1S/C23H26BrNO6/c24-10-3-1-2-4-20(26)30-18-8-7-15-12-17(6-5-16(15)13-18)22(27)31-19-14-29-23(25)9-11-28-21(19)23/h5-8,12-13,19,21H,1-4,9-11,14,25H2/t19?,21-,23-/m1/s1. The van der Waals surface area contributed by atoms with Crippen LogP contribution in [-0.2, 0) is 19.0 Å². The van der Waals surface area contributed by atoms with Gasteiger partial charge in [-0.25, -0.2) is 4.79 Å². The van der Waals surface area contributed by atoms with Gasteiger partial charge < -0.3 is 24.7 Å². The predicted molar refractivity (Wildman–Crippen MR) is 118 cm³/mol. The van der Waals surface area contributed by atoms with Crippen molar-refractivity contribution in [1.82, 2.24) is 0 Å². The minimum absolute atomic E-state index is 0.228. The molecule has 2 heterocycles. The fourth-order valence-electron chi connectivity index (χ4n) is 3.97. The van der Waals surface area contributed by atoms with Crippen LogP contribution in [0.2, 0.25) is 0 Å². The van der Waals surface area contributed by atoms with E-state index in [4.69, 9.17) is 24.7 Å². The summed E-state index contributed by atoms with van der Waals surface area (Å²) < 4.78 is 22.3. The van der Waals surface area contributed by atoms with Gasteiger partial charge in [0.15, 0.2) is 6.10 Å². The zero-order chi connectivity index (χ0) is 21.8. The van der Waals surface area contributed by atoms with Crippen molar-refractivity contribution >= 4 is 38.6 Å². The molecular formula is C23H26BrNO6. The van der Waals surface area contributed by atoms with Crippen LogP contribution >= 0.6 is 15.9 Å². The maximum absolute atomic E-state index is 12.7. The topological polar surface area (TPSA) is 97.1 Å². The Labute approximate surface area is 189 Å². The van der Waals surface area contributed by atoms with E-state index < -0.39 is 23.9 Å². The largest absolute Gasteiger partial charge is 0.453 e. The van der Waals surface area contributed by atoms with Crippen LogP contribution in [0.4, 0.5) is 0 Å². The van der Waals surface area contributed by atoms with Gasteiger partial charge in [0.2, 0.25) is 0 Å². The van der Waals surface area contributed by atoms with Gasteiger partial charge in [0.1, 0.15) is 17.6 Å². The Balaban J connectivity index is 1.37. The number of carbonyl (C=O) groups excluding carboxylic acids is 2. The lowest BCUT2D eigenvalue weighted by molar-refractivity contribution is -0.134. The van der Waals surface area contributed by atoms with Crippen LogP contribution in [0, 0.1) is 0 Å². The first kappa shape index (κ1) is 22.2. The Hall–Kier alpha value is -2.00. The van der Waals surface area contributed by atoms with E-state index in [0.29, 0.717) is 30.8 Å². The Morgan fingerprint density at radius 1 is 1.13 bits per heavy atom. The van der Waals surface area contributed by atoms with E-state index in [2.05, 4.69) is 15.9 Å². The molecule has 2 aromatic rings. The smallest absolute Gasteiger partial charge is 0.338 e. The van der Waals surface area contributed by atoms with Crippen LogP contribution in [0.5, 0.6) is 5.75 Å². The Morgan fingerprint density at radius 2 is 1.94 bits per heavy atom. The summed E-state index contributed by atoms with van der Waals surface area (Å²) in [6.45, 7) is 0.722. The number of nitrogens with two attached hydrogens (primary N) is 1. The molecule has 0 aromatic heterocycles. The number of unbranched alkanes of at least 4 members (excludes halogenated alkanes) is 2. The second kappa shape index (κ2) is 9.65. The minimum atomic E-state index is -0.865. The molecule has 0 spiro atoms. The van der Waals surface area contributed by atoms with Crippen molar-refractivity contribution in [2.45, 2.75) is 50.0 Å². The van der Waals surface area contributed by atoms with E-state index in [9.17, 15) is 9.59 Å². The zero-order valence-electron chi connectivity index (χ0n) is 17.2. The molecule has 2 aliphatic rings. The Morgan fingerprint density at radius 3 is 2.77 bits per heavy atom. The number of alkyl halides is 1. The van der Waals surface area contributed by atoms with Crippen LogP contribution in [0.1, 0.15) is 42.5 Å². The predicted octanol–water partition coefficient (Wildman–Crippen LogP) is 3.70. The lowest BCUT2D eigenvalue weighted by Crippen LogP contribution is -2.48. The third-order valence-electron chi connectivity index (χ3n) is 5.68. The fraction of sp³-hybridized carbons (Fsp3) is 0.478. The quantitative estimate of drug-likeness (QED) is 0.260. The molecule has 2 aliphatic heterocycles. The van der Waals surface area contributed by atoms with Crippen LogP contribution < -0.4 is 10.5 Å². The van der Waals surface area contributed by atoms with Crippen molar-refractivity contribution in [2.75, 3.05) is 18.5 Å². The van der Waals surface area contributed by atoms with Crippen LogP contribution in [0.25, 0.3) is 10.8 Å². The van der Waals surface area contributed by atoms with Gasteiger partial charge in [-0.05, 0) is 47.9 Å². The highest BCUT2D eigenvalue weighted by atomic mass is 79.9. The molecule has 2 aromatic carbocycles. The van der Waals surface area contributed by atoms with Gasteiger partial charge in [0.05, 0.1) is 18.8 Å². The molecule has 0 amide bonds. The number of halogens is 1. The normalized spacial score (nSPS) is 24.8. The summed E-state index contributed by atoms with van der Waals surface area (Å²) >= 11 is 3.38. The van der Waals surface area contributed by atoms with Gasteiger partial charge in [0, 0.05) is 18.2 Å². The molecule has 1 unspecified atom stereocenters. The molecule has 0 radical (unpaired) electrons. The molecule has 2 fully saturated rings. The van der Waals surface area contributed by atoms with E-state index in [1.165, 1.54) is 0 Å². The van der Waals surface area contributed by atoms with E-state index in [-0.39, 0.29) is 12.6 Å². The highest BCUT2D eigenvalue weighted by Gasteiger charge is 2.53. The number of fused-ring (bicyclic) bond motifs is 2. The first-order valence-electron chi connectivity index (χ1n) is 10.5. The maximum Gasteiger partial charge on any atom is 0.338 e. The summed E-state index contributed by atoms with van der Waals surface area (Å²) in [5, 5.41) is 2.66. The van der Waals surface area contributed by atoms with Crippen molar-refractivity contribution in [3.63, 3.8) is 0 Å². The summed E-state index contributed by atoms with van der Waals surface area (Å²) in [4.78, 5) is 24.6. The van der Waals surface area contributed by atoms with Crippen molar-refractivity contribution in [1.29, 1.82) is 0 Å². The highest BCUT2D eigenvalue weighted by molar-refractivity contribution is 9.09. The molecule has 4 rings (SSSR count). The summed E-state index contributed by atoms with van der Waals surface area (Å²) in [7, 11) is 0. The summed E-state index contributed by atoms with van der Waals surface area (Å²) in [5.74, 6) is -0.193. The van der Waals surface area contributed by atoms with E-state index in [1.54, 1.807) is 24.3 Å². The van der Waals surface area contributed by atoms with Crippen LogP contribution in [0.3, 0.4) is 0 Å². The third-order valence-corrected chi connectivity index (χ3v) is 6.24. The van der Waals surface area contributed by atoms with Crippen molar-refractivity contribution < 1.29 is 28.5 Å². The van der Waals surface area contributed by atoms with Crippen LogP contribution in [0.15, 0.2) is 36.4 Å². The first-order chi connectivity index (χ1) is 15.0. The molecule has 0 bridgehead atoms. The minimum Gasteiger partial charge on any atom is -0.453 e. The number of ether oxygens (including phenoxy) is 4. The van der Waals surface area contributed by atoms with Crippen molar-refractivity contribution in [3.8, 4) is 5.75 Å². The molecule has 2 saturated heterocycles. The summed E-state index contributed by atoms with van der Waals surface area (Å²) in [6, 6.07) is 10.6. The van der Waals surface area contributed by atoms with Gasteiger partial charge in [-0.3, -0.25) is 4.79 Å². The lowest BCUT2D eigenvalue weighted by Gasteiger charge is -2.22. The number of carbonyl (C=O) groups is 2. The highest BCUT2D eigenvalue weighted by Crippen LogP contribution is 2.35. The van der Waals surface area contributed by atoms with Gasteiger partial charge in [0.25, 0.3) is 0 Å². The van der Waals surface area contributed by atoms with Gasteiger partial charge >= 0.3 is 11.9 Å². The number of rotatable bonds is 8. The second-order valence-corrected chi connectivity index (χ2v) is 8.74. The molecule has 0 saturated carbocycles. The van der Waals surface area contributed by atoms with Crippen LogP contribution in [-0.4, -0.2) is 48.4 Å². The maximum atomic E-state index is 12.7. The molecule has 31 heavy (non-hydrogen) atoms. The zero-order valence-corrected chi connectivity index (χ0v) is 18.8. The van der Waals surface area contributed by atoms with E-state index >= 15 is 0 Å². The molecule has 0 aliphatic carbocycles. The average Bonchev–Trinajstić information content (AvgIpc) is 3.28. The monoisotopic (exact) mass is 491 g/mol. The number of benzene rings is 2. The average molecular weight is 492 g/mol. The summed E-state index contributed by atoms with van der Waals surface area (Å²) in [6.07, 6.45) is 2.87. The van der Waals surface area contributed by atoms with Gasteiger partial charge in [-0.1, -0.05) is 34.5 Å². The lowest BCUT2D eigenvalue weighted by atomic mass is 10.1. The van der Waals surface area contributed by atoms with Gasteiger partial charge in [-0.15, -0.1) is 0 Å². The molecule has 3 atom stereocenters. The number of esters is 2. The molecule has 8 heteroatoms. The molecular weight excluding hydrogens is 466 g/mol. The summed E-state index contributed by atoms with van der Waals surface area (Å²) in [5.41, 5.74) is 5.72. The van der Waals surface area contributed by atoms with Crippen molar-refractivity contribution in [2.24, 2.45) is 5.73 Å². The first-order valence-corrected chi connectivity index (χ1v) is 11.7. The van der Waals surface area contributed by atoms with E-state index in [0.717, 1.165) is 35.4 Å². The number of hydrogen-bond acceptors (Lipinski definition) is 7. The van der Waals surface area contributed by atoms with E-state index in [1.807, 2.05) is 12.1 Å². The Bertz CT molecular complexity index is 966. The number of hydrogen-bond donors (Lipinski definition) is 1. The molecule has 2 N–H and O–H groups in total.